The van der Waals surface area contributed by atoms with E-state index in [9.17, 15) is 0 Å². The molecule has 0 fully saturated rings. The smallest absolute Gasteiger partial charge is 0.0487 e. The summed E-state index contributed by atoms with van der Waals surface area (Å²) in [5.41, 5.74) is 11.8. The van der Waals surface area contributed by atoms with E-state index in [0.717, 1.165) is 21.7 Å². The molecule has 18 heavy (non-hydrogen) atoms. The van der Waals surface area contributed by atoms with E-state index in [1.54, 1.807) is 0 Å². The molecule has 0 aliphatic carbocycles. The maximum atomic E-state index is 6.37. The number of nitrogens with two attached hydrogens (primary N) is 1. The lowest BCUT2D eigenvalue weighted by Crippen LogP contribution is -2.06. The Kier molecular flexibility index (Phi) is 3.74. The highest BCUT2D eigenvalue weighted by Crippen LogP contribution is 2.34. The molecule has 2 rings (SSSR count). The fourth-order valence-electron chi connectivity index (χ4n) is 2.13. The molecule has 2 aromatic rings. The summed E-state index contributed by atoms with van der Waals surface area (Å²) < 4.78 is 0. The Labute approximate surface area is 114 Å². The lowest BCUT2D eigenvalue weighted by molar-refractivity contribution is 0.820. The minimum absolute atomic E-state index is 0.00104. The lowest BCUT2D eigenvalue weighted by Gasteiger charge is -2.15. The van der Waals surface area contributed by atoms with Crippen LogP contribution in [-0.4, -0.2) is 0 Å². The first-order valence-electron chi connectivity index (χ1n) is 6.12. The molecule has 0 aliphatic rings. The molecule has 94 valence electrons. The summed E-state index contributed by atoms with van der Waals surface area (Å²) in [4.78, 5) is 0. The molecule has 0 saturated carbocycles. The Morgan fingerprint density at radius 3 is 2.28 bits per heavy atom. The molecule has 2 heteroatoms. The van der Waals surface area contributed by atoms with Crippen LogP contribution in [0.2, 0.25) is 5.02 Å². The van der Waals surface area contributed by atoms with Crippen molar-refractivity contribution in [3.8, 4) is 11.1 Å². The van der Waals surface area contributed by atoms with Crippen LogP contribution in [0.1, 0.15) is 29.7 Å². The van der Waals surface area contributed by atoms with E-state index >= 15 is 0 Å². The third-order valence-corrected chi connectivity index (χ3v) is 3.64. The van der Waals surface area contributed by atoms with Crippen LogP contribution in [-0.2, 0) is 0 Å². The Hall–Kier alpha value is -1.31. The fourth-order valence-corrected chi connectivity index (χ4v) is 2.45. The second kappa shape index (κ2) is 5.13. The number of benzene rings is 2. The zero-order valence-electron chi connectivity index (χ0n) is 11.0. The van der Waals surface area contributed by atoms with Crippen LogP contribution in [0.4, 0.5) is 0 Å². The van der Waals surface area contributed by atoms with Crippen LogP contribution in [0.25, 0.3) is 11.1 Å². The molecule has 1 atom stereocenters. The zero-order valence-corrected chi connectivity index (χ0v) is 11.8. The van der Waals surface area contributed by atoms with Gasteiger partial charge >= 0.3 is 0 Å². The molecule has 0 saturated heterocycles. The van der Waals surface area contributed by atoms with E-state index < -0.39 is 0 Å². The average Bonchev–Trinajstić information content (AvgIpc) is 2.34. The molecule has 1 nitrogen and oxygen atoms in total. The van der Waals surface area contributed by atoms with Crippen molar-refractivity contribution in [2.45, 2.75) is 26.8 Å². The highest BCUT2D eigenvalue weighted by atomic mass is 35.5. The van der Waals surface area contributed by atoms with Crippen molar-refractivity contribution in [3.63, 3.8) is 0 Å². The van der Waals surface area contributed by atoms with E-state index in [1.165, 1.54) is 11.1 Å². The Balaban J connectivity index is 2.66. The molecule has 0 radical (unpaired) electrons. The second-order valence-electron chi connectivity index (χ2n) is 4.79. The van der Waals surface area contributed by atoms with Gasteiger partial charge in [-0.2, -0.15) is 0 Å². The second-order valence-corrected chi connectivity index (χ2v) is 5.20. The Morgan fingerprint density at radius 2 is 1.61 bits per heavy atom. The van der Waals surface area contributed by atoms with E-state index in [1.807, 2.05) is 25.1 Å². The van der Waals surface area contributed by atoms with E-state index in [2.05, 4.69) is 32.0 Å². The molecule has 1 unspecified atom stereocenters. The van der Waals surface area contributed by atoms with E-state index in [4.69, 9.17) is 17.3 Å². The normalized spacial score (nSPS) is 12.5. The molecule has 0 spiro atoms. The number of hydrogen-bond donors (Lipinski definition) is 1. The highest BCUT2D eigenvalue weighted by Gasteiger charge is 2.12. The van der Waals surface area contributed by atoms with E-state index in [-0.39, 0.29) is 6.04 Å². The van der Waals surface area contributed by atoms with Gasteiger partial charge in [0.15, 0.2) is 0 Å². The molecule has 0 bridgehead atoms. The third kappa shape index (κ3) is 2.43. The SMILES string of the molecule is Cc1cc(Cl)c(-c2ccccc2C(C)N)cc1C. The lowest BCUT2D eigenvalue weighted by atomic mass is 9.94. The van der Waals surface area contributed by atoms with E-state index in [0.29, 0.717) is 0 Å². The summed E-state index contributed by atoms with van der Waals surface area (Å²) in [6.45, 7) is 6.17. The first kappa shape index (κ1) is 13.1. The van der Waals surface area contributed by atoms with Crippen LogP contribution in [0.3, 0.4) is 0 Å². The van der Waals surface area contributed by atoms with Gasteiger partial charge in [-0.1, -0.05) is 35.9 Å². The number of rotatable bonds is 2. The predicted octanol–water partition coefficient (Wildman–Crippen LogP) is 4.64. The number of halogens is 1. The van der Waals surface area contributed by atoms with Crippen LogP contribution < -0.4 is 5.73 Å². The van der Waals surface area contributed by atoms with Gasteiger partial charge in [0.1, 0.15) is 0 Å². The first-order valence-corrected chi connectivity index (χ1v) is 6.50. The maximum absolute atomic E-state index is 6.37. The molecular formula is C16H18ClN. The van der Waals surface area contributed by atoms with Crippen molar-refractivity contribution in [1.82, 2.24) is 0 Å². The summed E-state index contributed by atoms with van der Waals surface area (Å²) in [6, 6.07) is 12.3. The summed E-state index contributed by atoms with van der Waals surface area (Å²) >= 11 is 6.37. The monoisotopic (exact) mass is 259 g/mol. The summed E-state index contributed by atoms with van der Waals surface area (Å²) in [6.07, 6.45) is 0. The molecule has 2 N–H and O–H groups in total. The molecule has 0 heterocycles. The van der Waals surface area contributed by atoms with Gasteiger partial charge in [0, 0.05) is 16.6 Å². The van der Waals surface area contributed by atoms with Crippen molar-refractivity contribution in [1.29, 1.82) is 0 Å². The third-order valence-electron chi connectivity index (χ3n) is 3.32. The largest absolute Gasteiger partial charge is 0.324 e. The minimum atomic E-state index is -0.00104. The summed E-state index contributed by atoms with van der Waals surface area (Å²) in [7, 11) is 0. The average molecular weight is 260 g/mol. The zero-order chi connectivity index (χ0) is 13.3. The standard InChI is InChI=1S/C16H18ClN/c1-10-8-15(16(17)9-11(10)2)14-7-5-4-6-13(14)12(3)18/h4-9,12H,18H2,1-3H3. The predicted molar refractivity (Wildman–Crippen MR) is 79.0 cm³/mol. The van der Waals surface area contributed by atoms with Gasteiger partial charge in [-0.05, 0) is 55.2 Å². The Bertz CT molecular complexity index is 573. The quantitative estimate of drug-likeness (QED) is 0.835. The topological polar surface area (TPSA) is 26.0 Å². The van der Waals surface area contributed by atoms with Gasteiger partial charge in [0.2, 0.25) is 0 Å². The molecule has 0 aliphatic heterocycles. The minimum Gasteiger partial charge on any atom is -0.324 e. The van der Waals surface area contributed by atoms with Crippen LogP contribution in [0, 0.1) is 13.8 Å². The van der Waals surface area contributed by atoms with Gasteiger partial charge < -0.3 is 5.73 Å². The Morgan fingerprint density at radius 1 is 1.00 bits per heavy atom. The number of aryl methyl sites for hydroxylation is 2. The summed E-state index contributed by atoms with van der Waals surface area (Å²) in [5.74, 6) is 0. The van der Waals surface area contributed by atoms with Crippen LogP contribution in [0.15, 0.2) is 36.4 Å². The molecule has 2 aromatic carbocycles. The van der Waals surface area contributed by atoms with Crippen LogP contribution >= 0.6 is 11.6 Å². The summed E-state index contributed by atoms with van der Waals surface area (Å²) in [5, 5.41) is 0.784. The molecular weight excluding hydrogens is 242 g/mol. The number of hydrogen-bond acceptors (Lipinski definition) is 1. The molecule has 0 amide bonds. The van der Waals surface area contributed by atoms with Gasteiger partial charge in [0.25, 0.3) is 0 Å². The molecule has 0 aromatic heterocycles. The maximum Gasteiger partial charge on any atom is 0.0487 e. The fraction of sp³-hybridized carbons (Fsp3) is 0.250. The van der Waals surface area contributed by atoms with Gasteiger partial charge in [-0.15, -0.1) is 0 Å². The van der Waals surface area contributed by atoms with Crippen molar-refractivity contribution in [3.05, 3.63) is 58.1 Å². The van der Waals surface area contributed by atoms with Gasteiger partial charge in [-0.25, -0.2) is 0 Å². The highest BCUT2D eigenvalue weighted by molar-refractivity contribution is 6.33. The van der Waals surface area contributed by atoms with Crippen molar-refractivity contribution < 1.29 is 0 Å². The first-order chi connectivity index (χ1) is 8.50. The van der Waals surface area contributed by atoms with Crippen molar-refractivity contribution in [2.75, 3.05) is 0 Å². The van der Waals surface area contributed by atoms with Gasteiger partial charge in [0.05, 0.1) is 0 Å². The van der Waals surface area contributed by atoms with Crippen molar-refractivity contribution >= 4 is 11.6 Å². The van der Waals surface area contributed by atoms with Gasteiger partial charge in [-0.3, -0.25) is 0 Å². The van der Waals surface area contributed by atoms with Crippen molar-refractivity contribution in [2.24, 2.45) is 5.73 Å². The van der Waals surface area contributed by atoms with Crippen LogP contribution in [0.5, 0.6) is 0 Å².